The lowest BCUT2D eigenvalue weighted by molar-refractivity contribution is -0.119. The van der Waals surface area contributed by atoms with Crippen LogP contribution in [-0.2, 0) is 4.79 Å². The predicted octanol–water partition coefficient (Wildman–Crippen LogP) is 5.05. The highest BCUT2D eigenvalue weighted by atomic mass is 16.1. The molecule has 0 saturated carbocycles. The van der Waals surface area contributed by atoms with E-state index in [1.807, 2.05) is 0 Å². The number of Topliss-reactive ketones (excluding diaryl/α,β-unsaturated/α-hetero) is 1. The number of ketones is 1. The lowest BCUT2D eigenvalue weighted by Crippen LogP contribution is -2.04. The van der Waals surface area contributed by atoms with Crippen LogP contribution in [0.25, 0.3) is 0 Å². The van der Waals surface area contributed by atoms with Gasteiger partial charge in [-0.3, -0.25) is 4.79 Å². The molecule has 0 aliphatic heterocycles. The summed E-state index contributed by atoms with van der Waals surface area (Å²) in [6, 6.07) is 0. The van der Waals surface area contributed by atoms with E-state index < -0.39 is 0 Å². The number of hydrogen-bond donors (Lipinski definition) is 0. The molecule has 1 atom stereocenters. The Labute approximate surface area is 107 Å². The van der Waals surface area contributed by atoms with Crippen LogP contribution < -0.4 is 0 Å². The van der Waals surface area contributed by atoms with Crippen LogP contribution in [0.15, 0.2) is 12.2 Å². The Hall–Kier alpha value is -0.590. The summed E-state index contributed by atoms with van der Waals surface area (Å²) in [5.41, 5.74) is 0. The summed E-state index contributed by atoms with van der Waals surface area (Å²) >= 11 is 0. The Kier molecular flexibility index (Phi) is 8.04. The minimum Gasteiger partial charge on any atom is -0.300 e. The number of rotatable bonds is 0. The lowest BCUT2D eigenvalue weighted by Gasteiger charge is -2.07. The maximum Gasteiger partial charge on any atom is 0.133 e. The lowest BCUT2D eigenvalue weighted by atomic mass is 9.97. The van der Waals surface area contributed by atoms with Crippen LogP contribution >= 0.6 is 0 Å². The van der Waals surface area contributed by atoms with E-state index in [2.05, 4.69) is 19.1 Å². The van der Waals surface area contributed by atoms with E-state index in [4.69, 9.17) is 0 Å². The third-order valence-electron chi connectivity index (χ3n) is 3.61. The fourth-order valence-corrected chi connectivity index (χ4v) is 2.49. The molecular weight excluding hydrogens is 208 g/mol. The van der Waals surface area contributed by atoms with E-state index in [0.717, 1.165) is 25.7 Å². The van der Waals surface area contributed by atoms with Crippen molar-refractivity contribution < 1.29 is 4.79 Å². The quantitative estimate of drug-likeness (QED) is 0.538. The zero-order valence-electron chi connectivity index (χ0n) is 11.4. The Balaban J connectivity index is 2.31. The Morgan fingerprint density at radius 2 is 1.59 bits per heavy atom. The number of allylic oxidation sites excluding steroid dienone is 2. The van der Waals surface area contributed by atoms with Gasteiger partial charge in [-0.1, -0.05) is 51.2 Å². The van der Waals surface area contributed by atoms with Crippen molar-refractivity contribution in [3.63, 3.8) is 0 Å². The molecule has 1 aliphatic carbocycles. The molecule has 98 valence electrons. The zero-order valence-corrected chi connectivity index (χ0v) is 11.4. The van der Waals surface area contributed by atoms with Crippen LogP contribution in [0, 0.1) is 5.92 Å². The first-order chi connectivity index (χ1) is 8.29. The van der Waals surface area contributed by atoms with Gasteiger partial charge in [0.25, 0.3) is 0 Å². The van der Waals surface area contributed by atoms with Crippen molar-refractivity contribution in [2.24, 2.45) is 5.92 Å². The molecule has 0 radical (unpaired) electrons. The molecule has 0 aromatic heterocycles. The molecule has 0 amide bonds. The van der Waals surface area contributed by atoms with Crippen LogP contribution in [0.5, 0.6) is 0 Å². The highest BCUT2D eigenvalue weighted by Gasteiger charge is 2.07. The van der Waals surface area contributed by atoms with E-state index in [-0.39, 0.29) is 0 Å². The molecule has 0 aromatic rings. The third kappa shape index (κ3) is 8.18. The van der Waals surface area contributed by atoms with E-state index in [0.29, 0.717) is 11.7 Å². The molecule has 0 N–H and O–H groups in total. The second-order valence-corrected chi connectivity index (χ2v) is 5.57. The van der Waals surface area contributed by atoms with Crippen molar-refractivity contribution in [2.75, 3.05) is 0 Å². The highest BCUT2D eigenvalue weighted by Crippen LogP contribution is 2.15. The van der Waals surface area contributed by atoms with Gasteiger partial charge in [-0.15, -0.1) is 0 Å². The monoisotopic (exact) mass is 236 g/mol. The molecule has 0 bridgehead atoms. The van der Waals surface area contributed by atoms with Crippen molar-refractivity contribution in [2.45, 2.75) is 77.6 Å². The first-order valence-corrected chi connectivity index (χ1v) is 7.45. The summed E-state index contributed by atoms with van der Waals surface area (Å²) in [4.78, 5) is 11.7. The molecule has 1 unspecified atom stereocenters. The molecule has 0 fully saturated rings. The molecule has 1 nitrogen and oxygen atoms in total. The Bertz CT molecular complexity index is 230. The topological polar surface area (TPSA) is 17.1 Å². The average Bonchev–Trinajstić information content (AvgIpc) is 2.30. The number of hydrogen-bond acceptors (Lipinski definition) is 1. The van der Waals surface area contributed by atoms with Gasteiger partial charge in [-0.2, -0.15) is 0 Å². The maximum absolute atomic E-state index is 11.7. The normalized spacial score (nSPS) is 28.1. The van der Waals surface area contributed by atoms with Crippen molar-refractivity contribution in [1.82, 2.24) is 0 Å². The Morgan fingerprint density at radius 3 is 2.35 bits per heavy atom. The van der Waals surface area contributed by atoms with Gasteiger partial charge in [0.15, 0.2) is 0 Å². The third-order valence-corrected chi connectivity index (χ3v) is 3.61. The van der Waals surface area contributed by atoms with Crippen LogP contribution in [0.1, 0.15) is 77.6 Å². The highest BCUT2D eigenvalue weighted by molar-refractivity contribution is 5.78. The fourth-order valence-electron chi connectivity index (χ4n) is 2.49. The van der Waals surface area contributed by atoms with Crippen LogP contribution in [0.3, 0.4) is 0 Å². The summed E-state index contributed by atoms with van der Waals surface area (Å²) in [5, 5.41) is 0. The molecule has 0 saturated heterocycles. The molecule has 1 heteroatoms. The van der Waals surface area contributed by atoms with Crippen molar-refractivity contribution in [3.05, 3.63) is 12.2 Å². The summed E-state index contributed by atoms with van der Waals surface area (Å²) in [7, 11) is 0. The summed E-state index contributed by atoms with van der Waals surface area (Å²) < 4.78 is 0. The van der Waals surface area contributed by atoms with Gasteiger partial charge in [-0.25, -0.2) is 0 Å². The first kappa shape index (κ1) is 14.5. The van der Waals surface area contributed by atoms with Gasteiger partial charge in [0.2, 0.25) is 0 Å². The van der Waals surface area contributed by atoms with E-state index in [1.165, 1.54) is 44.9 Å². The van der Waals surface area contributed by atoms with Gasteiger partial charge >= 0.3 is 0 Å². The predicted molar refractivity (Wildman–Crippen MR) is 74.1 cm³/mol. The van der Waals surface area contributed by atoms with Gasteiger partial charge in [-0.05, 0) is 31.6 Å². The number of carbonyl (C=O) groups is 1. The first-order valence-electron chi connectivity index (χ1n) is 7.45. The molecule has 0 heterocycles. The van der Waals surface area contributed by atoms with Gasteiger partial charge in [0.05, 0.1) is 0 Å². The fraction of sp³-hybridized carbons (Fsp3) is 0.812. The second-order valence-electron chi connectivity index (χ2n) is 5.57. The smallest absolute Gasteiger partial charge is 0.133 e. The minimum atomic E-state index is 0.473. The van der Waals surface area contributed by atoms with Crippen LogP contribution in [0.4, 0.5) is 0 Å². The SMILES string of the molecule is CC1C/C=C/CCCCCCCCCC(=O)C1. The number of carbonyl (C=O) groups excluding carboxylic acids is 1. The van der Waals surface area contributed by atoms with Crippen LogP contribution in [-0.4, -0.2) is 5.78 Å². The summed E-state index contributed by atoms with van der Waals surface area (Å²) in [5.74, 6) is 1.00. The van der Waals surface area contributed by atoms with Gasteiger partial charge in [0, 0.05) is 12.8 Å². The summed E-state index contributed by atoms with van der Waals surface area (Å²) in [6.07, 6.45) is 17.6. The summed E-state index contributed by atoms with van der Waals surface area (Å²) in [6.45, 7) is 2.19. The molecule has 17 heavy (non-hydrogen) atoms. The molecular formula is C16H28O. The van der Waals surface area contributed by atoms with Gasteiger partial charge in [0.1, 0.15) is 5.78 Å². The molecule has 0 aromatic carbocycles. The van der Waals surface area contributed by atoms with E-state index in [9.17, 15) is 4.79 Å². The largest absolute Gasteiger partial charge is 0.300 e. The minimum absolute atomic E-state index is 0.473. The standard InChI is InChI=1S/C16H28O/c1-15-12-10-8-6-4-2-3-5-7-9-11-13-16(17)14-15/h8,10,15H,2-7,9,11-14H2,1H3/b10-8+. The zero-order chi connectivity index (χ0) is 12.3. The maximum atomic E-state index is 11.7. The van der Waals surface area contributed by atoms with Crippen molar-refractivity contribution in [3.8, 4) is 0 Å². The molecule has 0 spiro atoms. The molecule has 1 aliphatic rings. The molecule has 1 rings (SSSR count). The van der Waals surface area contributed by atoms with Crippen molar-refractivity contribution in [1.29, 1.82) is 0 Å². The van der Waals surface area contributed by atoms with E-state index >= 15 is 0 Å². The Morgan fingerprint density at radius 1 is 0.941 bits per heavy atom. The van der Waals surface area contributed by atoms with Crippen molar-refractivity contribution >= 4 is 5.78 Å². The van der Waals surface area contributed by atoms with Gasteiger partial charge < -0.3 is 0 Å². The van der Waals surface area contributed by atoms with Crippen LogP contribution in [0.2, 0.25) is 0 Å². The average molecular weight is 236 g/mol. The second kappa shape index (κ2) is 9.44. The van der Waals surface area contributed by atoms with E-state index in [1.54, 1.807) is 0 Å².